The van der Waals surface area contributed by atoms with Gasteiger partial charge in [0.1, 0.15) is 0 Å². The molecule has 2 rings (SSSR count). The molecule has 0 radical (unpaired) electrons. The molecule has 0 saturated carbocycles. The highest BCUT2D eigenvalue weighted by molar-refractivity contribution is 5.88. The minimum absolute atomic E-state index is 0.362. The molecule has 0 amide bonds. The van der Waals surface area contributed by atoms with Gasteiger partial charge in [0.2, 0.25) is 0 Å². The lowest BCUT2D eigenvalue weighted by Crippen LogP contribution is -2.05. The van der Waals surface area contributed by atoms with Crippen LogP contribution in [-0.2, 0) is 0 Å². The summed E-state index contributed by atoms with van der Waals surface area (Å²) in [5.41, 5.74) is 2.92. The number of unbranched alkanes of at least 4 members (excludes halogenated alkanes) is 1. The number of carbonyl (C=O) groups is 1. The van der Waals surface area contributed by atoms with E-state index in [1.807, 2.05) is 12.1 Å². The fraction of sp³-hybridized carbons (Fsp3) is 0.471. The van der Waals surface area contributed by atoms with E-state index < -0.39 is 5.97 Å². The number of rotatable bonds is 5. The Bertz CT molecular complexity index is 457. The molecule has 1 N–H and O–H groups in total. The van der Waals surface area contributed by atoms with E-state index in [9.17, 15) is 4.79 Å². The summed E-state index contributed by atoms with van der Waals surface area (Å²) in [5.74, 6) is -0.00852. The van der Waals surface area contributed by atoms with Crippen molar-refractivity contribution in [3.63, 3.8) is 0 Å². The minimum atomic E-state index is -0.858. The Morgan fingerprint density at radius 3 is 2.58 bits per heavy atom. The Kier molecular flexibility index (Phi) is 4.78. The second kappa shape index (κ2) is 6.55. The zero-order valence-electron chi connectivity index (χ0n) is 11.6. The number of benzene rings is 1. The summed E-state index contributed by atoms with van der Waals surface area (Å²) in [6.07, 6.45) is 9.88. The van der Waals surface area contributed by atoms with Gasteiger partial charge in [0.15, 0.2) is 0 Å². The summed E-state index contributed by atoms with van der Waals surface area (Å²) in [7, 11) is 0. The van der Waals surface area contributed by atoms with Crippen LogP contribution in [0.25, 0.3) is 5.57 Å². The van der Waals surface area contributed by atoms with Crippen LogP contribution < -0.4 is 0 Å². The molecule has 0 heterocycles. The van der Waals surface area contributed by atoms with Crippen molar-refractivity contribution in [2.75, 3.05) is 0 Å². The highest BCUT2D eigenvalue weighted by atomic mass is 16.4. The van der Waals surface area contributed by atoms with Crippen LogP contribution in [0.1, 0.15) is 61.4 Å². The molecular formula is C17H22O2. The lowest BCUT2D eigenvalue weighted by atomic mass is 9.84. The van der Waals surface area contributed by atoms with E-state index in [2.05, 4.69) is 13.0 Å². The first-order chi connectivity index (χ1) is 9.20. The SMILES string of the molecule is CCCCC1CC=C(c2ccc(C(=O)O)cc2)CC1. The lowest BCUT2D eigenvalue weighted by molar-refractivity contribution is 0.0697. The molecule has 0 spiro atoms. The standard InChI is InChI=1S/C17H22O2/c1-2-3-4-13-5-7-14(8-6-13)15-9-11-16(12-10-15)17(18)19/h7,9-13H,2-6,8H2,1H3,(H,18,19). The predicted octanol–water partition coefficient (Wildman–Crippen LogP) is 4.76. The van der Waals surface area contributed by atoms with Gasteiger partial charge in [-0.3, -0.25) is 0 Å². The van der Waals surface area contributed by atoms with Gasteiger partial charge < -0.3 is 5.11 Å². The van der Waals surface area contributed by atoms with Gasteiger partial charge in [0, 0.05) is 0 Å². The molecule has 0 aliphatic heterocycles. The van der Waals surface area contributed by atoms with Crippen molar-refractivity contribution in [2.24, 2.45) is 5.92 Å². The predicted molar refractivity (Wildman–Crippen MR) is 78.2 cm³/mol. The van der Waals surface area contributed by atoms with E-state index in [0.29, 0.717) is 5.56 Å². The first-order valence-electron chi connectivity index (χ1n) is 7.23. The molecule has 102 valence electrons. The number of hydrogen-bond acceptors (Lipinski definition) is 1. The number of aromatic carboxylic acids is 1. The van der Waals surface area contributed by atoms with Crippen LogP contribution >= 0.6 is 0 Å². The number of allylic oxidation sites excluding steroid dienone is 2. The summed E-state index contributed by atoms with van der Waals surface area (Å²) < 4.78 is 0. The van der Waals surface area contributed by atoms with E-state index in [-0.39, 0.29) is 0 Å². The average Bonchev–Trinajstić information content (AvgIpc) is 2.46. The molecule has 1 atom stereocenters. The molecule has 1 unspecified atom stereocenters. The van der Waals surface area contributed by atoms with Gasteiger partial charge in [-0.25, -0.2) is 4.79 Å². The van der Waals surface area contributed by atoms with Gasteiger partial charge in [-0.05, 0) is 48.4 Å². The minimum Gasteiger partial charge on any atom is -0.478 e. The topological polar surface area (TPSA) is 37.3 Å². The Labute approximate surface area is 115 Å². The highest BCUT2D eigenvalue weighted by Gasteiger charge is 2.15. The maximum absolute atomic E-state index is 10.8. The Balaban J connectivity index is 1.99. The highest BCUT2D eigenvalue weighted by Crippen LogP contribution is 2.32. The molecule has 0 fully saturated rings. The van der Waals surface area contributed by atoms with E-state index in [0.717, 1.165) is 12.3 Å². The second-order valence-corrected chi connectivity index (χ2v) is 5.39. The van der Waals surface area contributed by atoms with Crippen LogP contribution in [0.2, 0.25) is 0 Å². The third kappa shape index (κ3) is 3.69. The van der Waals surface area contributed by atoms with Crippen molar-refractivity contribution < 1.29 is 9.90 Å². The average molecular weight is 258 g/mol. The van der Waals surface area contributed by atoms with Crippen LogP contribution in [0.4, 0.5) is 0 Å². The Hall–Kier alpha value is -1.57. The zero-order valence-corrected chi connectivity index (χ0v) is 11.6. The maximum atomic E-state index is 10.8. The number of carboxylic acid groups (broad SMARTS) is 1. The van der Waals surface area contributed by atoms with Gasteiger partial charge in [0.05, 0.1) is 5.56 Å². The van der Waals surface area contributed by atoms with Crippen molar-refractivity contribution in [2.45, 2.75) is 45.4 Å². The summed E-state index contributed by atoms with van der Waals surface area (Å²) in [5, 5.41) is 8.89. The van der Waals surface area contributed by atoms with Crippen molar-refractivity contribution >= 4 is 11.5 Å². The lowest BCUT2D eigenvalue weighted by Gasteiger charge is -2.22. The van der Waals surface area contributed by atoms with Crippen molar-refractivity contribution in [1.29, 1.82) is 0 Å². The summed E-state index contributed by atoms with van der Waals surface area (Å²) in [6.45, 7) is 2.24. The fourth-order valence-corrected chi connectivity index (χ4v) is 2.73. The summed E-state index contributed by atoms with van der Waals surface area (Å²) in [6, 6.07) is 7.26. The molecule has 0 aromatic heterocycles. The molecule has 1 aliphatic rings. The molecule has 2 nitrogen and oxygen atoms in total. The molecule has 19 heavy (non-hydrogen) atoms. The molecule has 0 saturated heterocycles. The first kappa shape index (κ1) is 13.9. The molecule has 1 aromatic carbocycles. The van der Waals surface area contributed by atoms with E-state index >= 15 is 0 Å². The van der Waals surface area contributed by atoms with Crippen LogP contribution in [0, 0.1) is 5.92 Å². The van der Waals surface area contributed by atoms with Gasteiger partial charge in [-0.1, -0.05) is 44.4 Å². The van der Waals surface area contributed by atoms with Gasteiger partial charge in [-0.2, -0.15) is 0 Å². The summed E-state index contributed by atoms with van der Waals surface area (Å²) in [4.78, 5) is 10.8. The molecule has 1 aromatic rings. The van der Waals surface area contributed by atoms with Crippen LogP contribution in [0.3, 0.4) is 0 Å². The molecule has 0 bridgehead atoms. The molecule has 2 heteroatoms. The monoisotopic (exact) mass is 258 g/mol. The maximum Gasteiger partial charge on any atom is 0.335 e. The quantitative estimate of drug-likeness (QED) is 0.826. The third-order valence-electron chi connectivity index (χ3n) is 3.99. The molecule has 1 aliphatic carbocycles. The van der Waals surface area contributed by atoms with Crippen molar-refractivity contribution in [3.8, 4) is 0 Å². The summed E-state index contributed by atoms with van der Waals surface area (Å²) >= 11 is 0. The number of carboxylic acids is 1. The largest absolute Gasteiger partial charge is 0.478 e. The Morgan fingerprint density at radius 2 is 2.05 bits per heavy atom. The van der Waals surface area contributed by atoms with E-state index in [1.165, 1.54) is 43.2 Å². The molecular weight excluding hydrogens is 236 g/mol. The van der Waals surface area contributed by atoms with E-state index in [1.54, 1.807) is 12.1 Å². The van der Waals surface area contributed by atoms with E-state index in [4.69, 9.17) is 5.11 Å². The fourth-order valence-electron chi connectivity index (χ4n) is 2.73. The van der Waals surface area contributed by atoms with Gasteiger partial charge in [0.25, 0.3) is 0 Å². The van der Waals surface area contributed by atoms with Crippen LogP contribution in [0.5, 0.6) is 0 Å². The van der Waals surface area contributed by atoms with Crippen LogP contribution in [-0.4, -0.2) is 11.1 Å². The third-order valence-corrected chi connectivity index (χ3v) is 3.99. The smallest absolute Gasteiger partial charge is 0.335 e. The van der Waals surface area contributed by atoms with Crippen molar-refractivity contribution in [1.82, 2.24) is 0 Å². The normalized spacial score (nSPS) is 19.0. The van der Waals surface area contributed by atoms with Crippen LogP contribution in [0.15, 0.2) is 30.3 Å². The van der Waals surface area contributed by atoms with Gasteiger partial charge >= 0.3 is 5.97 Å². The van der Waals surface area contributed by atoms with Crippen molar-refractivity contribution in [3.05, 3.63) is 41.5 Å². The second-order valence-electron chi connectivity index (χ2n) is 5.39. The zero-order chi connectivity index (χ0) is 13.7. The van der Waals surface area contributed by atoms with Gasteiger partial charge in [-0.15, -0.1) is 0 Å². The number of hydrogen-bond donors (Lipinski definition) is 1. The Morgan fingerprint density at radius 1 is 1.32 bits per heavy atom. The first-order valence-corrected chi connectivity index (χ1v) is 7.23.